The summed E-state index contributed by atoms with van der Waals surface area (Å²) in [5.41, 5.74) is 10.4. The minimum Gasteiger partial charge on any atom is -0.481 e. The number of allylic oxidation sites excluding steroid dienone is 4. The molecule has 0 aromatic carbocycles. The third-order valence-corrected chi connectivity index (χ3v) is 11.0. The van der Waals surface area contributed by atoms with E-state index in [1.165, 1.54) is 61.7 Å². The van der Waals surface area contributed by atoms with E-state index in [9.17, 15) is 15.0 Å². The second kappa shape index (κ2) is 24.0. The van der Waals surface area contributed by atoms with Crippen LogP contribution in [0.5, 0.6) is 0 Å². The SMILES string of the molecule is C#C.C=C(CCC[C@H]1CC=C2C3=C([C@@H](O)CC2(C)C1)C1(C)CCC(O)C(C)(C)C1CC3)C(C)C.CC(=O)O.CCC.CCCC.NCC(=O)O. The van der Waals surface area contributed by atoms with Gasteiger partial charge in [-0.2, -0.15) is 0 Å². The Labute approximate surface area is 307 Å². The second-order valence-corrected chi connectivity index (χ2v) is 16.0. The highest BCUT2D eigenvalue weighted by Crippen LogP contribution is 2.65. The van der Waals surface area contributed by atoms with E-state index in [0.717, 1.165) is 51.4 Å². The van der Waals surface area contributed by atoms with E-state index in [-0.39, 0.29) is 35.0 Å². The van der Waals surface area contributed by atoms with Gasteiger partial charge in [0.05, 0.1) is 18.8 Å². The van der Waals surface area contributed by atoms with Gasteiger partial charge in [-0.3, -0.25) is 9.59 Å². The fourth-order valence-electron chi connectivity index (χ4n) is 8.38. The first kappa shape index (κ1) is 49.7. The highest BCUT2D eigenvalue weighted by Gasteiger charge is 2.58. The number of terminal acetylenes is 1. The molecule has 6 atom stereocenters. The normalized spacial score (nSPS) is 28.5. The van der Waals surface area contributed by atoms with E-state index in [2.05, 4.69) is 100 Å². The molecule has 4 aliphatic carbocycles. The van der Waals surface area contributed by atoms with Crippen LogP contribution >= 0.6 is 0 Å². The lowest BCUT2D eigenvalue weighted by atomic mass is 9.45. The van der Waals surface area contributed by atoms with Gasteiger partial charge in [0.25, 0.3) is 5.97 Å². The van der Waals surface area contributed by atoms with Crippen LogP contribution in [0.1, 0.15) is 160 Å². The summed E-state index contributed by atoms with van der Waals surface area (Å²) in [5.74, 6) is -0.0344. The molecule has 290 valence electrons. The molecule has 0 spiro atoms. The van der Waals surface area contributed by atoms with Crippen molar-refractivity contribution >= 4 is 11.9 Å². The molecular weight excluding hydrogens is 626 g/mol. The minimum atomic E-state index is -0.968. The largest absolute Gasteiger partial charge is 0.481 e. The van der Waals surface area contributed by atoms with E-state index >= 15 is 0 Å². The summed E-state index contributed by atoms with van der Waals surface area (Å²) < 4.78 is 0. The van der Waals surface area contributed by atoms with Crippen LogP contribution in [0, 0.1) is 46.8 Å². The first-order chi connectivity index (χ1) is 23.2. The number of aliphatic hydroxyl groups excluding tert-OH is 2. The maximum atomic E-state index is 11.6. The topological polar surface area (TPSA) is 141 Å². The van der Waals surface area contributed by atoms with Crippen LogP contribution in [-0.2, 0) is 9.59 Å². The lowest BCUT2D eigenvalue weighted by Crippen LogP contribution is -2.55. The van der Waals surface area contributed by atoms with Crippen LogP contribution in [0.25, 0.3) is 0 Å². The molecule has 0 heterocycles. The molecule has 50 heavy (non-hydrogen) atoms. The number of rotatable bonds is 7. The molecule has 0 aromatic rings. The fourth-order valence-corrected chi connectivity index (χ4v) is 8.38. The summed E-state index contributed by atoms with van der Waals surface area (Å²) >= 11 is 0. The monoisotopic (exact) mass is 704 g/mol. The molecule has 0 aliphatic heterocycles. The number of fused-ring (bicyclic) bond motifs is 4. The van der Waals surface area contributed by atoms with Crippen molar-refractivity contribution in [3.05, 3.63) is 34.9 Å². The van der Waals surface area contributed by atoms with Gasteiger partial charge in [0, 0.05) is 6.92 Å². The Morgan fingerprint density at radius 3 is 1.94 bits per heavy atom. The van der Waals surface area contributed by atoms with E-state index < -0.39 is 11.9 Å². The molecule has 1 saturated carbocycles. The Bertz CT molecular complexity index is 1110. The number of unbranched alkanes of at least 4 members (excludes halogenated alkanes) is 1. The Morgan fingerprint density at radius 2 is 1.50 bits per heavy atom. The van der Waals surface area contributed by atoms with Gasteiger partial charge in [-0.05, 0) is 115 Å². The molecule has 7 heteroatoms. The van der Waals surface area contributed by atoms with Crippen molar-refractivity contribution in [3.8, 4) is 12.8 Å². The van der Waals surface area contributed by atoms with Crippen LogP contribution in [0.3, 0.4) is 0 Å². The van der Waals surface area contributed by atoms with Crippen LogP contribution in [0.15, 0.2) is 34.9 Å². The zero-order valence-electron chi connectivity index (χ0n) is 33.9. The molecule has 0 aromatic heterocycles. The van der Waals surface area contributed by atoms with Gasteiger partial charge in [-0.1, -0.05) is 107 Å². The Hall–Kier alpha value is -2.40. The summed E-state index contributed by atoms with van der Waals surface area (Å²) in [6.07, 6.45) is 24.9. The number of nitrogens with two attached hydrogens (primary N) is 1. The summed E-state index contributed by atoms with van der Waals surface area (Å²) in [6.45, 7) is 27.5. The van der Waals surface area contributed by atoms with Crippen molar-refractivity contribution in [2.24, 2.45) is 39.7 Å². The summed E-state index contributed by atoms with van der Waals surface area (Å²) in [4.78, 5) is 18.2. The Kier molecular flexibility index (Phi) is 23.8. The van der Waals surface area contributed by atoms with Gasteiger partial charge >= 0.3 is 5.97 Å². The fraction of sp³-hybridized carbons (Fsp3) is 0.767. The van der Waals surface area contributed by atoms with Gasteiger partial charge in [-0.15, -0.1) is 12.8 Å². The average Bonchev–Trinajstić information content (AvgIpc) is 3.03. The molecule has 4 aliphatic rings. The zero-order valence-corrected chi connectivity index (χ0v) is 33.9. The van der Waals surface area contributed by atoms with Crippen molar-refractivity contribution in [3.63, 3.8) is 0 Å². The molecule has 0 radical (unpaired) electrons. The van der Waals surface area contributed by atoms with Gasteiger partial charge < -0.3 is 26.2 Å². The molecule has 7 nitrogen and oxygen atoms in total. The smallest absolute Gasteiger partial charge is 0.317 e. The van der Waals surface area contributed by atoms with E-state index in [0.29, 0.717) is 11.8 Å². The van der Waals surface area contributed by atoms with Crippen molar-refractivity contribution in [2.75, 3.05) is 6.54 Å². The molecular formula is C43H77NO6. The number of aliphatic carboxylic acids is 2. The molecule has 0 bridgehead atoms. The van der Waals surface area contributed by atoms with E-state index in [1.54, 1.807) is 5.57 Å². The van der Waals surface area contributed by atoms with Crippen molar-refractivity contribution in [1.82, 2.24) is 0 Å². The summed E-state index contributed by atoms with van der Waals surface area (Å²) in [5, 5.41) is 37.3. The summed E-state index contributed by atoms with van der Waals surface area (Å²) in [6, 6.07) is 0. The van der Waals surface area contributed by atoms with Crippen molar-refractivity contribution < 1.29 is 30.0 Å². The molecule has 4 rings (SSSR count). The first-order valence-corrected chi connectivity index (χ1v) is 19.2. The quantitative estimate of drug-likeness (QED) is 0.131. The molecule has 6 N–H and O–H groups in total. The maximum Gasteiger partial charge on any atom is 0.317 e. The molecule has 0 amide bonds. The van der Waals surface area contributed by atoms with Crippen LogP contribution < -0.4 is 5.73 Å². The van der Waals surface area contributed by atoms with Crippen LogP contribution in [0.2, 0.25) is 0 Å². The zero-order chi connectivity index (χ0) is 39.5. The number of carbonyl (C=O) groups is 2. The third kappa shape index (κ3) is 14.7. The van der Waals surface area contributed by atoms with Crippen molar-refractivity contribution in [1.29, 1.82) is 0 Å². The number of carboxylic acid groups (broad SMARTS) is 2. The predicted octanol–water partition coefficient (Wildman–Crippen LogP) is 9.96. The number of carboxylic acids is 2. The highest BCUT2D eigenvalue weighted by molar-refractivity contribution is 5.68. The van der Waals surface area contributed by atoms with Gasteiger partial charge in [0.2, 0.25) is 0 Å². The van der Waals surface area contributed by atoms with Gasteiger partial charge in [-0.25, -0.2) is 0 Å². The minimum absolute atomic E-state index is 0.0198. The van der Waals surface area contributed by atoms with E-state index in [1.807, 2.05) is 0 Å². The first-order valence-electron chi connectivity index (χ1n) is 19.2. The van der Waals surface area contributed by atoms with Crippen LogP contribution in [0.4, 0.5) is 0 Å². The van der Waals surface area contributed by atoms with E-state index in [4.69, 9.17) is 15.0 Å². The lowest BCUT2D eigenvalue weighted by molar-refractivity contribution is -0.136. The molecule has 4 unspecified atom stereocenters. The average molecular weight is 704 g/mol. The number of hydrogen-bond donors (Lipinski definition) is 5. The molecule has 0 saturated heterocycles. The van der Waals surface area contributed by atoms with Crippen molar-refractivity contribution in [2.45, 2.75) is 172 Å². The maximum absolute atomic E-state index is 11.6. The Balaban J connectivity index is 0. The molecule has 1 fully saturated rings. The van der Waals surface area contributed by atoms with Crippen LogP contribution in [-0.4, -0.2) is 51.1 Å². The van der Waals surface area contributed by atoms with Gasteiger partial charge in [0.15, 0.2) is 0 Å². The highest BCUT2D eigenvalue weighted by atomic mass is 16.4. The number of aliphatic hydroxyl groups is 2. The Morgan fingerprint density at radius 1 is 1.00 bits per heavy atom. The number of hydrogen-bond acceptors (Lipinski definition) is 5. The summed E-state index contributed by atoms with van der Waals surface area (Å²) in [7, 11) is 0. The van der Waals surface area contributed by atoms with Gasteiger partial charge in [0.1, 0.15) is 0 Å². The predicted molar refractivity (Wildman–Crippen MR) is 211 cm³/mol. The standard InChI is InChI=1S/C30H48O2.C4H10.C3H8.C2H5NO2.C2H4O2.C2H2/c1-19(2)20(3)9-8-10-21-11-13-23-22-12-14-25-28(4,5)26(32)15-16-30(25,7)27(22)24(31)18-29(23,6)17-21;1-3-4-2;1-3-2;3-1-2(4)5;1-2(3)4;1-2/h13,19,21,24-26,31-32H,3,8-12,14-18H2,1-2,4-7H3;3-4H2,1-2H3;3H2,1-2H3;1,3H2,(H,4,5);1H3,(H,3,4);1-2H/t21-,24-,25?,26?,29?,30?;;;;;/m0...../s1. The lowest BCUT2D eigenvalue weighted by Gasteiger charge is -2.60. The third-order valence-electron chi connectivity index (χ3n) is 11.0. The second-order valence-electron chi connectivity index (χ2n) is 16.0.